The predicted molar refractivity (Wildman–Crippen MR) is 53.9 cm³/mol. The lowest BCUT2D eigenvalue weighted by Crippen LogP contribution is -2.01. The van der Waals surface area contributed by atoms with E-state index in [4.69, 9.17) is 0 Å². The van der Waals surface area contributed by atoms with Crippen LogP contribution in [-0.2, 0) is 12.8 Å². The van der Waals surface area contributed by atoms with Gasteiger partial charge >= 0.3 is 0 Å². The Kier molecular flexibility index (Phi) is 2.35. The fourth-order valence-corrected chi connectivity index (χ4v) is 1.40. The second-order valence-electron chi connectivity index (χ2n) is 3.05. The number of fused-ring (bicyclic) bond motifs is 1. The molecule has 2 rings (SSSR count). The van der Waals surface area contributed by atoms with E-state index in [0.29, 0.717) is 0 Å². The van der Waals surface area contributed by atoms with Crippen LogP contribution in [0, 0.1) is 0 Å². The molecule has 2 aromatic heterocycles. The van der Waals surface area contributed by atoms with Crippen LogP contribution in [-0.4, -0.2) is 19.9 Å². The van der Waals surface area contributed by atoms with E-state index in [9.17, 15) is 0 Å². The fraction of sp³-hybridized carbons (Fsp3) is 0.400. The first-order chi connectivity index (χ1) is 6.85. The molecule has 2 aromatic rings. The number of rotatable bonds is 2. The van der Waals surface area contributed by atoms with Gasteiger partial charge in [-0.3, -0.25) is 0 Å². The first-order valence-corrected chi connectivity index (χ1v) is 4.80. The van der Waals surface area contributed by atoms with Gasteiger partial charge in [0.2, 0.25) is 0 Å². The summed E-state index contributed by atoms with van der Waals surface area (Å²) in [6, 6.07) is 0. The minimum atomic E-state index is 0.844. The first-order valence-electron chi connectivity index (χ1n) is 4.80. The Morgan fingerprint density at radius 3 is 2.71 bits per heavy atom. The normalized spacial score (nSPS) is 10.7. The van der Waals surface area contributed by atoms with E-state index < -0.39 is 0 Å². The smallest absolute Gasteiger partial charge is 0.129 e. The van der Waals surface area contributed by atoms with Crippen LogP contribution >= 0.6 is 0 Å². The summed E-state index contributed by atoms with van der Waals surface area (Å²) in [6.45, 7) is 4.12. The summed E-state index contributed by atoms with van der Waals surface area (Å²) in [6.07, 6.45) is 5.00. The van der Waals surface area contributed by atoms with Crippen LogP contribution in [0.2, 0.25) is 0 Å². The summed E-state index contributed by atoms with van der Waals surface area (Å²) in [7, 11) is 0. The molecule has 0 spiro atoms. The highest BCUT2D eigenvalue weighted by Gasteiger charge is 2.05. The molecule has 0 saturated heterocycles. The Morgan fingerprint density at radius 2 is 2.00 bits per heavy atom. The topological polar surface area (TPSA) is 51.6 Å². The predicted octanol–water partition coefficient (Wildman–Crippen LogP) is 1.54. The summed E-state index contributed by atoms with van der Waals surface area (Å²) >= 11 is 0. The lowest BCUT2D eigenvalue weighted by atomic mass is 10.2. The van der Waals surface area contributed by atoms with E-state index >= 15 is 0 Å². The molecule has 72 valence electrons. The average molecular weight is 188 g/mol. The second kappa shape index (κ2) is 3.65. The molecule has 0 aliphatic rings. The van der Waals surface area contributed by atoms with Gasteiger partial charge in [-0.05, 0) is 6.42 Å². The van der Waals surface area contributed by atoms with Crippen LogP contribution in [0.25, 0.3) is 11.0 Å². The van der Waals surface area contributed by atoms with Gasteiger partial charge in [0.25, 0.3) is 0 Å². The highest BCUT2D eigenvalue weighted by atomic mass is 14.9. The van der Waals surface area contributed by atoms with Gasteiger partial charge in [0.05, 0.1) is 11.9 Å². The lowest BCUT2D eigenvalue weighted by molar-refractivity contribution is 0.903. The van der Waals surface area contributed by atoms with Crippen LogP contribution < -0.4 is 0 Å². The minimum absolute atomic E-state index is 0.844. The van der Waals surface area contributed by atoms with Crippen molar-refractivity contribution in [3.63, 3.8) is 0 Å². The summed E-state index contributed by atoms with van der Waals surface area (Å²) in [5.74, 6) is 0.865. The third-order valence-electron chi connectivity index (χ3n) is 2.13. The van der Waals surface area contributed by atoms with Crippen molar-refractivity contribution in [3.05, 3.63) is 24.0 Å². The Morgan fingerprint density at radius 1 is 1.14 bits per heavy atom. The largest absolute Gasteiger partial charge is 0.243 e. The summed E-state index contributed by atoms with van der Waals surface area (Å²) in [4.78, 5) is 17.0. The lowest BCUT2D eigenvalue weighted by Gasteiger charge is -2.03. The van der Waals surface area contributed by atoms with Crippen molar-refractivity contribution in [2.75, 3.05) is 0 Å². The molecule has 0 saturated carbocycles. The second-order valence-corrected chi connectivity index (χ2v) is 3.05. The maximum Gasteiger partial charge on any atom is 0.129 e. The molecular weight excluding hydrogens is 176 g/mol. The Bertz CT molecular complexity index is 453. The van der Waals surface area contributed by atoms with E-state index in [1.165, 1.54) is 6.33 Å². The molecular formula is C10H12N4. The van der Waals surface area contributed by atoms with Gasteiger partial charge < -0.3 is 0 Å². The van der Waals surface area contributed by atoms with Gasteiger partial charge in [-0.15, -0.1) is 0 Å². The molecule has 0 amide bonds. The van der Waals surface area contributed by atoms with Crippen LogP contribution in [0.4, 0.5) is 0 Å². The van der Waals surface area contributed by atoms with Crippen molar-refractivity contribution in [3.8, 4) is 0 Å². The van der Waals surface area contributed by atoms with E-state index in [2.05, 4.69) is 26.9 Å². The third-order valence-corrected chi connectivity index (χ3v) is 2.13. The summed E-state index contributed by atoms with van der Waals surface area (Å²) in [5, 5.41) is 0. The SMILES string of the molecule is CCc1nc(CC)c2ncncc2n1. The molecule has 0 fully saturated rings. The van der Waals surface area contributed by atoms with Crippen molar-refractivity contribution in [2.24, 2.45) is 0 Å². The molecule has 0 aliphatic heterocycles. The summed E-state index contributed by atoms with van der Waals surface area (Å²) < 4.78 is 0. The van der Waals surface area contributed by atoms with Gasteiger partial charge in [-0.25, -0.2) is 19.9 Å². The number of nitrogens with zero attached hydrogens (tertiary/aromatic N) is 4. The Labute approximate surface area is 82.5 Å². The summed E-state index contributed by atoms with van der Waals surface area (Å²) in [5.41, 5.74) is 2.73. The molecule has 4 heteroatoms. The molecule has 2 heterocycles. The minimum Gasteiger partial charge on any atom is -0.243 e. The molecule has 0 N–H and O–H groups in total. The highest BCUT2D eigenvalue weighted by Crippen LogP contribution is 2.12. The van der Waals surface area contributed by atoms with Crippen molar-refractivity contribution >= 4 is 11.0 Å². The number of aromatic nitrogens is 4. The van der Waals surface area contributed by atoms with Crippen LogP contribution in [0.3, 0.4) is 0 Å². The van der Waals surface area contributed by atoms with Crippen LogP contribution in [0.15, 0.2) is 12.5 Å². The van der Waals surface area contributed by atoms with Gasteiger partial charge in [0, 0.05) is 6.42 Å². The molecule has 0 radical (unpaired) electrons. The zero-order chi connectivity index (χ0) is 9.97. The molecule has 0 atom stereocenters. The Hall–Kier alpha value is -1.58. The van der Waals surface area contributed by atoms with E-state index in [-0.39, 0.29) is 0 Å². The maximum atomic E-state index is 4.44. The highest BCUT2D eigenvalue weighted by molar-refractivity contribution is 5.75. The monoisotopic (exact) mass is 188 g/mol. The average Bonchev–Trinajstić information content (AvgIpc) is 2.27. The number of hydrogen-bond donors (Lipinski definition) is 0. The molecule has 0 aliphatic carbocycles. The van der Waals surface area contributed by atoms with Crippen molar-refractivity contribution in [1.29, 1.82) is 0 Å². The molecule has 0 aromatic carbocycles. The number of hydrogen-bond acceptors (Lipinski definition) is 4. The van der Waals surface area contributed by atoms with Gasteiger partial charge in [0.15, 0.2) is 0 Å². The third kappa shape index (κ3) is 1.43. The quantitative estimate of drug-likeness (QED) is 0.717. The van der Waals surface area contributed by atoms with Crippen molar-refractivity contribution in [2.45, 2.75) is 26.7 Å². The van der Waals surface area contributed by atoms with Crippen LogP contribution in [0.5, 0.6) is 0 Å². The Balaban J connectivity index is 2.73. The van der Waals surface area contributed by atoms with Crippen molar-refractivity contribution < 1.29 is 0 Å². The number of aryl methyl sites for hydroxylation is 2. The van der Waals surface area contributed by atoms with E-state index in [1.54, 1.807) is 6.20 Å². The van der Waals surface area contributed by atoms with E-state index in [1.807, 2.05) is 6.92 Å². The zero-order valence-corrected chi connectivity index (χ0v) is 8.36. The van der Waals surface area contributed by atoms with Gasteiger partial charge in [-0.1, -0.05) is 13.8 Å². The maximum absolute atomic E-state index is 4.44. The molecule has 14 heavy (non-hydrogen) atoms. The van der Waals surface area contributed by atoms with E-state index in [0.717, 1.165) is 35.4 Å². The van der Waals surface area contributed by atoms with Gasteiger partial charge in [0.1, 0.15) is 23.2 Å². The molecule has 0 unspecified atom stereocenters. The molecule has 0 bridgehead atoms. The van der Waals surface area contributed by atoms with Gasteiger partial charge in [-0.2, -0.15) is 0 Å². The van der Waals surface area contributed by atoms with Crippen molar-refractivity contribution in [1.82, 2.24) is 19.9 Å². The zero-order valence-electron chi connectivity index (χ0n) is 8.36. The fourth-order valence-electron chi connectivity index (χ4n) is 1.40. The molecule has 4 nitrogen and oxygen atoms in total. The standard InChI is InChI=1S/C10H12N4/c1-3-7-10-8(5-11-6-12-10)14-9(4-2)13-7/h5-6H,3-4H2,1-2H3. The first kappa shape index (κ1) is 8.99. The van der Waals surface area contributed by atoms with Crippen LogP contribution in [0.1, 0.15) is 25.4 Å².